The summed E-state index contributed by atoms with van der Waals surface area (Å²) in [6.07, 6.45) is 3.81. The molecule has 2 N–H and O–H groups in total. The molecule has 20 heavy (non-hydrogen) atoms. The topological polar surface area (TPSA) is 54.3 Å². The van der Waals surface area contributed by atoms with Crippen LogP contribution in [0.4, 0.5) is 0 Å². The molecule has 0 aliphatic rings. The van der Waals surface area contributed by atoms with Crippen molar-refractivity contribution in [3.05, 3.63) is 40.8 Å². The number of nitrogens with one attached hydrogen (secondary N) is 1. The summed E-state index contributed by atoms with van der Waals surface area (Å²) in [6.45, 7) is 7.00. The summed E-state index contributed by atoms with van der Waals surface area (Å²) in [5, 5.41) is 14.9. The molecule has 2 rings (SSSR count). The molecule has 4 nitrogen and oxygen atoms in total. The maximum Gasteiger partial charge on any atom is 0.264 e. The van der Waals surface area contributed by atoms with E-state index in [-0.39, 0.29) is 5.91 Å². The maximum atomic E-state index is 12.5. The number of nitrogens with zero attached hydrogens (tertiary/aromatic N) is 1. The molecule has 0 bridgehead atoms. The summed E-state index contributed by atoms with van der Waals surface area (Å²) < 4.78 is 1.91. The molecule has 0 aliphatic carbocycles. The van der Waals surface area contributed by atoms with Crippen LogP contribution in [0, 0.1) is 0 Å². The maximum absolute atomic E-state index is 12.5. The van der Waals surface area contributed by atoms with Crippen LogP contribution in [0.5, 0.6) is 0 Å². The summed E-state index contributed by atoms with van der Waals surface area (Å²) in [5.41, 5.74) is -0.876. The van der Waals surface area contributed by atoms with Gasteiger partial charge in [0.15, 0.2) is 0 Å². The van der Waals surface area contributed by atoms with Gasteiger partial charge in [-0.25, -0.2) is 0 Å². The minimum absolute atomic E-state index is 0.171. The van der Waals surface area contributed by atoms with Gasteiger partial charge in [-0.05, 0) is 51.3 Å². The van der Waals surface area contributed by atoms with E-state index in [4.69, 9.17) is 0 Å². The molecule has 5 heteroatoms. The molecule has 0 spiro atoms. The summed E-state index contributed by atoms with van der Waals surface area (Å²) in [6, 6.07) is 5.75. The normalized spacial score (nSPS) is 12.4. The van der Waals surface area contributed by atoms with E-state index in [0.717, 1.165) is 5.69 Å². The van der Waals surface area contributed by atoms with Gasteiger partial charge in [0.2, 0.25) is 0 Å². The fraction of sp³-hybridized carbons (Fsp3) is 0.400. The van der Waals surface area contributed by atoms with E-state index in [9.17, 15) is 9.90 Å². The third-order valence-corrected chi connectivity index (χ3v) is 4.59. The van der Waals surface area contributed by atoms with Crippen molar-refractivity contribution in [3.63, 3.8) is 0 Å². The zero-order valence-corrected chi connectivity index (χ0v) is 13.0. The molecule has 0 aromatic carbocycles. The van der Waals surface area contributed by atoms with Gasteiger partial charge in [-0.2, -0.15) is 0 Å². The minimum atomic E-state index is -1.01. The van der Waals surface area contributed by atoms with Crippen LogP contribution in [0.3, 0.4) is 0 Å². The molecule has 0 saturated heterocycles. The molecule has 0 aliphatic heterocycles. The zero-order chi connectivity index (χ0) is 15.0. The number of rotatable bonds is 4. The third kappa shape index (κ3) is 2.78. The van der Waals surface area contributed by atoms with Crippen LogP contribution in [0.1, 0.15) is 37.4 Å². The highest BCUT2D eigenvalue weighted by Crippen LogP contribution is 2.25. The van der Waals surface area contributed by atoms with E-state index in [1.165, 1.54) is 11.3 Å². The van der Waals surface area contributed by atoms with Gasteiger partial charge in [-0.3, -0.25) is 4.79 Å². The Bertz CT molecular complexity index is 592. The Morgan fingerprint density at radius 3 is 2.40 bits per heavy atom. The van der Waals surface area contributed by atoms with E-state index in [0.29, 0.717) is 4.88 Å². The molecular formula is C15H20N2O2S. The lowest BCUT2D eigenvalue weighted by Gasteiger charge is -2.37. The number of carbonyl (C=O) groups excluding carboxylic acids is 1. The zero-order valence-electron chi connectivity index (χ0n) is 12.2. The lowest BCUT2D eigenvalue weighted by atomic mass is 9.86. The van der Waals surface area contributed by atoms with Crippen LogP contribution in [0.2, 0.25) is 0 Å². The van der Waals surface area contributed by atoms with Crippen LogP contribution in [-0.4, -0.2) is 26.7 Å². The average Bonchev–Trinajstić information content (AvgIpc) is 2.97. The second-order valence-corrected chi connectivity index (χ2v) is 6.78. The lowest BCUT2D eigenvalue weighted by molar-refractivity contribution is -0.00284. The molecule has 1 amide bonds. The van der Waals surface area contributed by atoms with Crippen molar-refractivity contribution in [1.29, 1.82) is 0 Å². The molecular weight excluding hydrogens is 272 g/mol. The SMILES string of the molecule is CC(C)(O)C(C)(C)NC(=O)c1sccc1-n1cccc1. The number of amides is 1. The summed E-state index contributed by atoms with van der Waals surface area (Å²) in [7, 11) is 0. The summed E-state index contributed by atoms with van der Waals surface area (Å²) >= 11 is 1.39. The Hall–Kier alpha value is -1.59. The van der Waals surface area contributed by atoms with Gasteiger partial charge < -0.3 is 15.0 Å². The first-order valence-electron chi connectivity index (χ1n) is 6.48. The predicted molar refractivity (Wildman–Crippen MR) is 81.5 cm³/mol. The highest BCUT2D eigenvalue weighted by Gasteiger charge is 2.37. The molecule has 0 unspecified atom stereocenters. The molecule has 108 valence electrons. The first-order chi connectivity index (χ1) is 9.22. The highest BCUT2D eigenvalue weighted by molar-refractivity contribution is 7.12. The van der Waals surface area contributed by atoms with Crippen LogP contribution in [-0.2, 0) is 0 Å². The third-order valence-electron chi connectivity index (χ3n) is 3.69. The monoisotopic (exact) mass is 292 g/mol. The fourth-order valence-electron chi connectivity index (χ4n) is 1.66. The van der Waals surface area contributed by atoms with Gasteiger partial charge >= 0.3 is 0 Å². The Labute approximate surface area is 123 Å². The highest BCUT2D eigenvalue weighted by atomic mass is 32.1. The summed E-state index contributed by atoms with van der Waals surface area (Å²) in [5.74, 6) is -0.171. The van der Waals surface area contributed by atoms with E-state index < -0.39 is 11.1 Å². The Kier molecular flexibility index (Phi) is 3.75. The van der Waals surface area contributed by atoms with Crippen molar-refractivity contribution in [2.45, 2.75) is 38.8 Å². The molecule has 0 atom stereocenters. The van der Waals surface area contributed by atoms with Crippen LogP contribution >= 0.6 is 11.3 Å². The number of hydrogen-bond acceptors (Lipinski definition) is 3. The van der Waals surface area contributed by atoms with Crippen molar-refractivity contribution in [2.24, 2.45) is 0 Å². The van der Waals surface area contributed by atoms with Gasteiger partial charge in [-0.15, -0.1) is 11.3 Å². The standard InChI is InChI=1S/C15H20N2O2S/c1-14(2,15(3,4)19)16-13(18)12-11(7-10-20-12)17-8-5-6-9-17/h5-10,19H,1-4H3,(H,16,18). The predicted octanol–water partition coefficient (Wildman–Crippen LogP) is 2.82. The van der Waals surface area contributed by atoms with E-state index in [1.807, 2.05) is 54.4 Å². The number of aromatic nitrogens is 1. The largest absolute Gasteiger partial charge is 0.388 e. The smallest absolute Gasteiger partial charge is 0.264 e. The lowest BCUT2D eigenvalue weighted by Crippen LogP contribution is -2.57. The average molecular weight is 292 g/mol. The van der Waals surface area contributed by atoms with Gasteiger partial charge in [0.25, 0.3) is 5.91 Å². The van der Waals surface area contributed by atoms with Gasteiger partial charge in [0.1, 0.15) is 4.88 Å². The fourth-order valence-corrected chi connectivity index (χ4v) is 2.45. The van der Waals surface area contributed by atoms with E-state index in [1.54, 1.807) is 13.8 Å². The molecule has 2 heterocycles. The minimum Gasteiger partial charge on any atom is -0.388 e. The first-order valence-corrected chi connectivity index (χ1v) is 7.36. The molecule has 0 saturated carbocycles. The van der Waals surface area contributed by atoms with Crippen LogP contribution in [0.15, 0.2) is 36.0 Å². The quantitative estimate of drug-likeness (QED) is 0.910. The Morgan fingerprint density at radius 1 is 1.25 bits per heavy atom. The van der Waals surface area contributed by atoms with Crippen molar-refractivity contribution in [3.8, 4) is 5.69 Å². The van der Waals surface area contributed by atoms with E-state index in [2.05, 4.69) is 5.32 Å². The molecule has 2 aromatic rings. The van der Waals surface area contributed by atoms with E-state index >= 15 is 0 Å². The van der Waals surface area contributed by atoms with Crippen molar-refractivity contribution < 1.29 is 9.90 Å². The Balaban J connectivity index is 2.26. The summed E-state index contributed by atoms with van der Waals surface area (Å²) in [4.78, 5) is 13.1. The van der Waals surface area contributed by atoms with Gasteiger partial charge in [0.05, 0.1) is 16.8 Å². The van der Waals surface area contributed by atoms with Gasteiger partial charge in [0, 0.05) is 12.4 Å². The second-order valence-electron chi connectivity index (χ2n) is 5.86. The van der Waals surface area contributed by atoms with Gasteiger partial charge in [-0.1, -0.05) is 0 Å². The first kappa shape index (κ1) is 14.8. The van der Waals surface area contributed by atoms with Crippen molar-refractivity contribution in [1.82, 2.24) is 9.88 Å². The number of carbonyl (C=O) groups is 1. The van der Waals surface area contributed by atoms with Crippen LogP contribution in [0.25, 0.3) is 5.69 Å². The number of hydrogen-bond donors (Lipinski definition) is 2. The molecule has 0 radical (unpaired) electrons. The number of thiophene rings is 1. The Morgan fingerprint density at radius 2 is 1.85 bits per heavy atom. The molecule has 0 fully saturated rings. The van der Waals surface area contributed by atoms with Crippen molar-refractivity contribution >= 4 is 17.2 Å². The molecule has 2 aromatic heterocycles. The second kappa shape index (κ2) is 5.07. The van der Waals surface area contributed by atoms with Crippen molar-refractivity contribution in [2.75, 3.05) is 0 Å². The number of aliphatic hydroxyl groups is 1. The van der Waals surface area contributed by atoms with Crippen LogP contribution < -0.4 is 5.32 Å².